The molecule has 2 heterocycles. The van der Waals surface area contributed by atoms with Gasteiger partial charge in [-0.2, -0.15) is 0 Å². The van der Waals surface area contributed by atoms with E-state index in [1.807, 2.05) is 0 Å². The predicted octanol–water partition coefficient (Wildman–Crippen LogP) is 11.1. The summed E-state index contributed by atoms with van der Waals surface area (Å²) in [7, 11) is -0.0907. The minimum Gasteiger partial charge on any atom is -0.344 e. The molecule has 0 radical (unpaired) electrons. The topological polar surface area (TPSA) is 9.72 Å². The first-order chi connectivity index (χ1) is 22.9. The highest BCUT2D eigenvalue weighted by Gasteiger charge is 2.53. The lowest BCUT2D eigenvalue weighted by Crippen LogP contribution is -2.51. The largest absolute Gasteiger partial charge is 0.519 e. The Hall–Kier alpha value is -6.00. The summed E-state index contributed by atoms with van der Waals surface area (Å²) < 4.78 is 0. The zero-order chi connectivity index (χ0) is 30.2. The molecule has 0 saturated heterocycles. The molecule has 3 aliphatic rings. The van der Waals surface area contributed by atoms with Crippen LogP contribution in [-0.2, 0) is 0 Å². The number of para-hydroxylation sites is 5. The van der Waals surface area contributed by atoms with Crippen molar-refractivity contribution >= 4 is 41.2 Å². The Morgan fingerprint density at radius 3 is 1.09 bits per heavy atom. The van der Waals surface area contributed by atoms with Crippen LogP contribution in [0.25, 0.3) is 44.5 Å². The van der Waals surface area contributed by atoms with Gasteiger partial charge in [-0.1, -0.05) is 121 Å². The van der Waals surface area contributed by atoms with Gasteiger partial charge in [-0.15, -0.1) is 0 Å². The number of fused-ring (bicyclic) bond motifs is 13. The van der Waals surface area contributed by atoms with Crippen molar-refractivity contribution < 1.29 is 0 Å². The van der Waals surface area contributed by atoms with Gasteiger partial charge in [0, 0.05) is 11.4 Å². The van der Waals surface area contributed by atoms with Crippen molar-refractivity contribution in [2.75, 3.05) is 14.4 Å². The Morgan fingerprint density at radius 2 is 0.609 bits per heavy atom. The lowest BCUT2D eigenvalue weighted by Gasteiger charge is -2.32. The number of rotatable bonds is 2. The molecule has 3 nitrogen and oxygen atoms in total. The van der Waals surface area contributed by atoms with Crippen molar-refractivity contribution in [3.8, 4) is 44.5 Å². The summed E-state index contributed by atoms with van der Waals surface area (Å²) in [6, 6.07) is 62.0. The van der Waals surface area contributed by atoms with Crippen molar-refractivity contribution in [2.24, 2.45) is 0 Å². The number of hydrogen-bond acceptors (Lipinski definition) is 3. The molecule has 0 aromatic heterocycles. The third-order valence-corrected chi connectivity index (χ3v) is 9.75. The second-order valence-corrected chi connectivity index (χ2v) is 12.1. The lowest BCUT2D eigenvalue weighted by atomic mass is 9.80. The molecule has 0 amide bonds. The van der Waals surface area contributed by atoms with Gasteiger partial charge >= 0.3 is 7.12 Å². The van der Waals surface area contributed by atoms with Gasteiger partial charge in [0.15, 0.2) is 0 Å². The molecule has 0 unspecified atom stereocenters. The smallest absolute Gasteiger partial charge is 0.344 e. The Bertz CT molecular complexity index is 2290. The molecule has 0 N–H and O–H groups in total. The summed E-state index contributed by atoms with van der Waals surface area (Å²) in [6.07, 6.45) is 0. The zero-order valence-electron chi connectivity index (χ0n) is 25.1. The van der Waals surface area contributed by atoms with Crippen LogP contribution in [0, 0.1) is 0 Å². The van der Waals surface area contributed by atoms with Crippen LogP contribution >= 0.6 is 0 Å². The van der Waals surface area contributed by atoms with Gasteiger partial charge in [0.05, 0.1) is 22.7 Å². The Balaban J connectivity index is 1.24. The van der Waals surface area contributed by atoms with Crippen LogP contribution in [0.5, 0.6) is 0 Å². The van der Waals surface area contributed by atoms with Gasteiger partial charge in [0.25, 0.3) is 0 Å². The van der Waals surface area contributed by atoms with Crippen LogP contribution < -0.4 is 14.4 Å². The van der Waals surface area contributed by atoms with Crippen LogP contribution in [0.15, 0.2) is 170 Å². The summed E-state index contributed by atoms with van der Waals surface area (Å²) in [5.41, 5.74) is 17.2. The number of hydrogen-bond donors (Lipinski definition) is 0. The highest BCUT2D eigenvalue weighted by molar-refractivity contribution is 6.80. The van der Waals surface area contributed by atoms with Crippen molar-refractivity contribution in [1.29, 1.82) is 0 Å². The average Bonchev–Trinajstić information content (AvgIpc) is 3.64. The van der Waals surface area contributed by atoms with Gasteiger partial charge in [-0.05, 0) is 93.0 Å². The Morgan fingerprint density at radius 1 is 0.261 bits per heavy atom. The SMILES string of the molecule is c1ccc(N2B3N(c4ccc5c(c4)-c4ccccc4-c4ccccc4-c4ccccc4-5)c4ccccc4N3c3ccccc32)cc1. The monoisotopic (exact) mass is 585 g/mol. The van der Waals surface area contributed by atoms with E-state index >= 15 is 0 Å². The number of benzene rings is 7. The quantitative estimate of drug-likeness (QED) is 0.187. The molecular weight excluding hydrogens is 557 g/mol. The maximum atomic E-state index is 2.52. The molecule has 46 heavy (non-hydrogen) atoms. The molecule has 7 aromatic rings. The number of anilines is 6. The maximum Gasteiger partial charge on any atom is 0.519 e. The van der Waals surface area contributed by atoms with Crippen LogP contribution in [0.1, 0.15) is 0 Å². The van der Waals surface area contributed by atoms with E-state index < -0.39 is 0 Å². The molecule has 4 heteroatoms. The summed E-state index contributed by atoms with van der Waals surface area (Å²) in [5, 5.41) is 0. The molecule has 2 aliphatic heterocycles. The highest BCUT2D eigenvalue weighted by atomic mass is 15.4. The second-order valence-electron chi connectivity index (χ2n) is 12.1. The molecule has 0 atom stereocenters. The first kappa shape index (κ1) is 25.3. The second kappa shape index (κ2) is 9.75. The lowest BCUT2D eigenvalue weighted by molar-refractivity contribution is 1.33. The fraction of sp³-hybridized carbons (Fsp3) is 0. The van der Waals surface area contributed by atoms with Gasteiger partial charge < -0.3 is 14.4 Å². The molecule has 1 aliphatic carbocycles. The molecule has 0 fully saturated rings. The molecule has 0 bridgehead atoms. The zero-order valence-corrected chi connectivity index (χ0v) is 25.1. The molecule has 214 valence electrons. The van der Waals surface area contributed by atoms with Gasteiger partial charge in [-0.3, -0.25) is 0 Å². The van der Waals surface area contributed by atoms with E-state index in [9.17, 15) is 0 Å². The van der Waals surface area contributed by atoms with E-state index in [-0.39, 0.29) is 7.12 Å². The predicted molar refractivity (Wildman–Crippen MR) is 193 cm³/mol. The van der Waals surface area contributed by atoms with Crippen molar-refractivity contribution in [2.45, 2.75) is 0 Å². The van der Waals surface area contributed by atoms with Crippen LogP contribution in [0.2, 0.25) is 0 Å². The molecule has 0 saturated carbocycles. The summed E-state index contributed by atoms with van der Waals surface area (Å²) in [6.45, 7) is 0. The minimum atomic E-state index is -0.0907. The van der Waals surface area contributed by atoms with Crippen LogP contribution in [0.4, 0.5) is 34.1 Å². The maximum absolute atomic E-state index is 2.52. The van der Waals surface area contributed by atoms with Crippen molar-refractivity contribution in [1.82, 2.24) is 0 Å². The normalized spacial score (nSPS) is 13.5. The molecular formula is C42H28BN3. The van der Waals surface area contributed by atoms with Gasteiger partial charge in [-0.25, -0.2) is 0 Å². The van der Waals surface area contributed by atoms with Gasteiger partial charge in [0.1, 0.15) is 0 Å². The standard InChI is InChI=1S/C42H28BN3/c1-2-14-29(15-3-1)44-39-22-10-12-24-41(39)46-42-25-13-11-23-40(42)45(43(44)46)30-26-27-37-35-20-7-6-18-33(35)31-16-4-5-17-32(31)34-19-8-9-21-36(34)38(37)28-30/h1-28H. The molecule has 0 spiro atoms. The van der Waals surface area contributed by atoms with E-state index in [1.54, 1.807) is 0 Å². The van der Waals surface area contributed by atoms with E-state index in [4.69, 9.17) is 0 Å². The third kappa shape index (κ3) is 3.50. The van der Waals surface area contributed by atoms with E-state index in [2.05, 4.69) is 184 Å². The fourth-order valence-electron chi connectivity index (χ4n) is 7.85. The summed E-state index contributed by atoms with van der Waals surface area (Å²) >= 11 is 0. The molecule has 10 rings (SSSR count). The summed E-state index contributed by atoms with van der Waals surface area (Å²) in [5.74, 6) is 0. The summed E-state index contributed by atoms with van der Waals surface area (Å²) in [4.78, 5) is 7.49. The van der Waals surface area contributed by atoms with Crippen LogP contribution in [-0.4, -0.2) is 7.12 Å². The van der Waals surface area contributed by atoms with E-state index in [0.717, 1.165) is 5.69 Å². The van der Waals surface area contributed by atoms with Crippen molar-refractivity contribution in [3.63, 3.8) is 0 Å². The fourth-order valence-corrected chi connectivity index (χ4v) is 7.85. The number of nitrogens with zero attached hydrogens (tertiary/aromatic N) is 3. The first-order valence-electron chi connectivity index (χ1n) is 15.9. The minimum absolute atomic E-state index is 0.0907. The van der Waals surface area contributed by atoms with E-state index in [1.165, 1.54) is 72.9 Å². The van der Waals surface area contributed by atoms with E-state index in [0.29, 0.717) is 0 Å². The first-order valence-corrected chi connectivity index (χ1v) is 15.9. The Kier molecular flexibility index (Phi) is 5.37. The molecule has 7 aromatic carbocycles. The van der Waals surface area contributed by atoms with Crippen LogP contribution in [0.3, 0.4) is 0 Å². The van der Waals surface area contributed by atoms with Gasteiger partial charge in [0.2, 0.25) is 0 Å². The van der Waals surface area contributed by atoms with Crippen molar-refractivity contribution in [3.05, 3.63) is 170 Å². The Labute approximate surface area is 269 Å². The average molecular weight is 586 g/mol. The third-order valence-electron chi connectivity index (χ3n) is 9.75. The highest BCUT2D eigenvalue weighted by Crippen LogP contribution is 2.56.